The minimum absolute atomic E-state index is 0.0190. The van der Waals surface area contributed by atoms with Crippen molar-refractivity contribution < 1.29 is 9.53 Å². The first kappa shape index (κ1) is 20.2. The summed E-state index contributed by atoms with van der Waals surface area (Å²) >= 11 is 7.81. The van der Waals surface area contributed by atoms with E-state index in [4.69, 9.17) is 16.3 Å². The highest BCUT2D eigenvalue weighted by atomic mass is 35.5. The third-order valence-corrected chi connectivity index (χ3v) is 5.90. The largest absolute Gasteiger partial charge is 0.383 e. The molecule has 27 heavy (non-hydrogen) atoms. The molecule has 1 heterocycles. The van der Waals surface area contributed by atoms with E-state index < -0.39 is 0 Å². The first-order valence-electron chi connectivity index (χ1n) is 9.21. The molecule has 1 saturated carbocycles. The van der Waals surface area contributed by atoms with Crippen LogP contribution < -0.4 is 5.32 Å². The van der Waals surface area contributed by atoms with Gasteiger partial charge in [0, 0.05) is 24.8 Å². The van der Waals surface area contributed by atoms with Crippen molar-refractivity contribution in [1.29, 1.82) is 0 Å². The van der Waals surface area contributed by atoms with E-state index in [1.165, 1.54) is 24.6 Å². The van der Waals surface area contributed by atoms with Gasteiger partial charge < -0.3 is 10.1 Å². The number of hydrogen-bond donors (Lipinski definition) is 1. The first-order valence-corrected chi connectivity index (χ1v) is 10.6. The summed E-state index contributed by atoms with van der Waals surface area (Å²) in [6.45, 7) is 2.41. The van der Waals surface area contributed by atoms with Gasteiger partial charge in [0.2, 0.25) is 5.91 Å². The summed E-state index contributed by atoms with van der Waals surface area (Å²) in [6, 6.07) is 8.02. The van der Waals surface area contributed by atoms with Gasteiger partial charge >= 0.3 is 0 Å². The van der Waals surface area contributed by atoms with Crippen molar-refractivity contribution in [2.45, 2.75) is 49.8 Å². The minimum atomic E-state index is -0.0372. The summed E-state index contributed by atoms with van der Waals surface area (Å²) in [6.07, 6.45) is 4.59. The van der Waals surface area contributed by atoms with Crippen LogP contribution in [-0.2, 0) is 9.53 Å². The minimum Gasteiger partial charge on any atom is -0.383 e. The van der Waals surface area contributed by atoms with E-state index in [1.807, 2.05) is 31.2 Å². The van der Waals surface area contributed by atoms with Crippen LogP contribution in [0, 0.1) is 0 Å². The lowest BCUT2D eigenvalue weighted by Gasteiger charge is -2.17. The van der Waals surface area contributed by atoms with Crippen LogP contribution in [-0.4, -0.2) is 46.2 Å². The van der Waals surface area contributed by atoms with Crippen LogP contribution in [0.2, 0.25) is 5.02 Å². The van der Waals surface area contributed by atoms with Crippen LogP contribution in [0.25, 0.3) is 11.4 Å². The molecular weight excluding hydrogens is 384 g/mol. The van der Waals surface area contributed by atoms with Gasteiger partial charge in [-0.1, -0.05) is 48.3 Å². The molecule has 146 valence electrons. The summed E-state index contributed by atoms with van der Waals surface area (Å²) in [5.41, 5.74) is 0.878. The van der Waals surface area contributed by atoms with E-state index in [9.17, 15) is 4.79 Å². The van der Waals surface area contributed by atoms with Crippen LogP contribution in [0.3, 0.4) is 0 Å². The maximum Gasteiger partial charge on any atom is 0.230 e. The normalized spacial score (nSPS) is 15.8. The maximum atomic E-state index is 12.2. The van der Waals surface area contributed by atoms with Crippen molar-refractivity contribution in [3.63, 3.8) is 0 Å². The molecule has 8 heteroatoms. The average Bonchev–Trinajstić information content (AvgIpc) is 3.30. The van der Waals surface area contributed by atoms with Gasteiger partial charge in [0.05, 0.1) is 17.4 Å². The number of carbonyl (C=O) groups is 1. The standard InChI is InChI=1S/C19H25ClN4O2S/c1-13(11-26-2)21-17(25)12-27-19-23-22-18(15-9-5-6-10-16(15)20)24(19)14-7-3-4-8-14/h5-6,9-10,13-14H,3-4,7-8,11-12H2,1-2H3,(H,21,25)/t13-/m0/s1. The van der Waals surface area contributed by atoms with E-state index in [-0.39, 0.29) is 11.9 Å². The zero-order valence-electron chi connectivity index (χ0n) is 15.7. The Morgan fingerprint density at radius 1 is 1.37 bits per heavy atom. The quantitative estimate of drug-likeness (QED) is 0.669. The van der Waals surface area contributed by atoms with Crippen LogP contribution in [0.4, 0.5) is 0 Å². The zero-order valence-corrected chi connectivity index (χ0v) is 17.2. The molecule has 0 saturated heterocycles. The Hall–Kier alpha value is -1.57. The number of nitrogens with zero attached hydrogens (tertiary/aromatic N) is 3. The highest BCUT2D eigenvalue weighted by molar-refractivity contribution is 7.99. The Kier molecular flexibility index (Phi) is 7.15. The summed E-state index contributed by atoms with van der Waals surface area (Å²) < 4.78 is 7.23. The third-order valence-electron chi connectivity index (χ3n) is 4.63. The molecule has 1 atom stereocenters. The van der Waals surface area contributed by atoms with Gasteiger partial charge in [0.1, 0.15) is 0 Å². The molecular formula is C19H25ClN4O2S. The highest BCUT2D eigenvalue weighted by Gasteiger charge is 2.26. The Bertz CT molecular complexity index is 777. The molecule has 0 bridgehead atoms. The number of benzene rings is 1. The maximum absolute atomic E-state index is 12.2. The van der Waals surface area contributed by atoms with Crippen molar-refractivity contribution in [2.24, 2.45) is 0 Å². The Morgan fingerprint density at radius 3 is 2.81 bits per heavy atom. The molecule has 1 N–H and O–H groups in total. The van der Waals surface area contributed by atoms with Crippen LogP contribution in [0.5, 0.6) is 0 Å². The van der Waals surface area contributed by atoms with Gasteiger partial charge in [-0.3, -0.25) is 9.36 Å². The molecule has 1 aromatic carbocycles. The lowest BCUT2D eigenvalue weighted by atomic mass is 10.2. The number of rotatable bonds is 8. The highest BCUT2D eigenvalue weighted by Crippen LogP contribution is 2.38. The van der Waals surface area contributed by atoms with E-state index in [0.29, 0.717) is 23.4 Å². The van der Waals surface area contributed by atoms with Crippen LogP contribution in [0.1, 0.15) is 38.6 Å². The molecule has 2 aromatic rings. The van der Waals surface area contributed by atoms with Crippen LogP contribution in [0.15, 0.2) is 29.4 Å². The van der Waals surface area contributed by atoms with Crippen molar-refractivity contribution in [1.82, 2.24) is 20.1 Å². The van der Waals surface area contributed by atoms with Crippen LogP contribution >= 0.6 is 23.4 Å². The molecule has 1 aliphatic carbocycles. The van der Waals surface area contributed by atoms with Gasteiger partial charge in [-0.15, -0.1) is 10.2 Å². The second-order valence-corrected chi connectivity index (χ2v) is 8.16. The summed E-state index contributed by atoms with van der Waals surface area (Å²) in [7, 11) is 1.62. The number of halogens is 1. The van der Waals surface area contributed by atoms with E-state index in [2.05, 4.69) is 20.1 Å². The molecule has 0 aliphatic heterocycles. The number of thioether (sulfide) groups is 1. The smallest absolute Gasteiger partial charge is 0.230 e. The fraction of sp³-hybridized carbons (Fsp3) is 0.526. The van der Waals surface area contributed by atoms with Crippen molar-refractivity contribution in [2.75, 3.05) is 19.5 Å². The molecule has 1 amide bonds. The predicted molar refractivity (Wildman–Crippen MR) is 108 cm³/mol. The number of hydrogen-bond acceptors (Lipinski definition) is 5. The molecule has 0 unspecified atom stereocenters. The topological polar surface area (TPSA) is 69.0 Å². The molecule has 0 radical (unpaired) electrons. The molecule has 6 nitrogen and oxygen atoms in total. The number of amides is 1. The lowest BCUT2D eigenvalue weighted by molar-refractivity contribution is -0.119. The molecule has 1 aromatic heterocycles. The fourth-order valence-electron chi connectivity index (χ4n) is 3.43. The number of aromatic nitrogens is 3. The monoisotopic (exact) mass is 408 g/mol. The van der Waals surface area contributed by atoms with Crippen molar-refractivity contribution >= 4 is 29.3 Å². The number of ether oxygens (including phenoxy) is 1. The van der Waals surface area contributed by atoms with Gasteiger partial charge in [0.15, 0.2) is 11.0 Å². The number of nitrogens with one attached hydrogen (secondary N) is 1. The predicted octanol–water partition coefficient (Wildman–Crippen LogP) is 3.96. The van der Waals surface area contributed by atoms with Crippen molar-refractivity contribution in [3.8, 4) is 11.4 Å². The van der Waals surface area contributed by atoms with Gasteiger partial charge in [0.25, 0.3) is 0 Å². The van der Waals surface area contributed by atoms with E-state index in [0.717, 1.165) is 29.4 Å². The molecule has 1 aliphatic rings. The van der Waals surface area contributed by atoms with E-state index >= 15 is 0 Å². The Balaban J connectivity index is 1.79. The Morgan fingerprint density at radius 2 is 2.11 bits per heavy atom. The average molecular weight is 409 g/mol. The second-order valence-electron chi connectivity index (χ2n) is 6.81. The zero-order chi connectivity index (χ0) is 19.2. The molecule has 1 fully saturated rings. The summed E-state index contributed by atoms with van der Waals surface area (Å²) in [4.78, 5) is 12.2. The van der Waals surface area contributed by atoms with Crippen molar-refractivity contribution in [3.05, 3.63) is 29.3 Å². The summed E-state index contributed by atoms with van der Waals surface area (Å²) in [5.74, 6) is 1.04. The second kappa shape index (κ2) is 9.57. The van der Waals surface area contributed by atoms with Gasteiger partial charge in [-0.05, 0) is 31.9 Å². The lowest BCUT2D eigenvalue weighted by Crippen LogP contribution is -2.36. The Labute approximate surface area is 169 Å². The third kappa shape index (κ3) is 5.03. The fourth-order valence-corrected chi connectivity index (χ4v) is 4.47. The van der Waals surface area contributed by atoms with Gasteiger partial charge in [-0.2, -0.15) is 0 Å². The SMILES string of the molecule is COC[C@H](C)NC(=O)CSc1nnc(-c2ccccc2Cl)n1C1CCCC1. The number of carbonyl (C=O) groups excluding carboxylic acids is 1. The van der Waals surface area contributed by atoms with E-state index in [1.54, 1.807) is 7.11 Å². The molecule has 0 spiro atoms. The summed E-state index contributed by atoms with van der Waals surface area (Å²) in [5, 5.41) is 13.1. The number of methoxy groups -OCH3 is 1. The molecule has 3 rings (SSSR count). The first-order chi connectivity index (χ1) is 13.1. The van der Waals surface area contributed by atoms with Gasteiger partial charge in [-0.25, -0.2) is 0 Å².